The zero-order chi connectivity index (χ0) is 18.3. The molecule has 3 nitrogen and oxygen atoms in total. The molecule has 2 fully saturated rings. The van der Waals surface area contributed by atoms with Crippen molar-refractivity contribution >= 4 is 33.2 Å². The van der Waals surface area contributed by atoms with Gasteiger partial charge in [0.25, 0.3) is 0 Å². The minimum atomic E-state index is 0.487. The van der Waals surface area contributed by atoms with Gasteiger partial charge in [0.05, 0.1) is 11.6 Å². The van der Waals surface area contributed by atoms with E-state index in [-0.39, 0.29) is 0 Å². The zero-order valence-electron chi connectivity index (χ0n) is 15.2. The average Bonchev–Trinajstić information content (AvgIpc) is 3.44. The SMILES string of the molecule is COc1cc(N2CCN([C@@H]3C[C@H]3c3ccc(Cl)cc3)CC2C)ccc1Br. The topological polar surface area (TPSA) is 15.7 Å². The predicted molar refractivity (Wildman–Crippen MR) is 112 cm³/mol. The van der Waals surface area contributed by atoms with E-state index in [2.05, 4.69) is 63.0 Å². The summed E-state index contributed by atoms with van der Waals surface area (Å²) in [6.07, 6.45) is 1.26. The van der Waals surface area contributed by atoms with Gasteiger partial charge in [0.15, 0.2) is 0 Å². The summed E-state index contributed by atoms with van der Waals surface area (Å²) in [7, 11) is 1.72. The number of ether oxygens (including phenoxy) is 1. The maximum absolute atomic E-state index is 6.02. The number of halogens is 2. The molecule has 1 aliphatic heterocycles. The Kier molecular flexibility index (Phi) is 5.18. The molecule has 2 aromatic carbocycles. The van der Waals surface area contributed by atoms with Crippen molar-refractivity contribution in [1.29, 1.82) is 0 Å². The molecule has 5 heteroatoms. The number of methoxy groups -OCH3 is 1. The monoisotopic (exact) mass is 434 g/mol. The van der Waals surface area contributed by atoms with Crippen LogP contribution >= 0.6 is 27.5 Å². The molecular formula is C21H24BrClN2O. The molecule has 1 saturated carbocycles. The van der Waals surface area contributed by atoms with E-state index >= 15 is 0 Å². The van der Waals surface area contributed by atoms with Crippen molar-refractivity contribution < 1.29 is 4.74 Å². The van der Waals surface area contributed by atoms with Gasteiger partial charge in [0.2, 0.25) is 0 Å². The van der Waals surface area contributed by atoms with Crippen LogP contribution < -0.4 is 9.64 Å². The van der Waals surface area contributed by atoms with Gasteiger partial charge in [0.1, 0.15) is 5.75 Å². The fourth-order valence-corrected chi connectivity index (χ4v) is 4.69. The Morgan fingerprint density at radius 1 is 1.12 bits per heavy atom. The van der Waals surface area contributed by atoms with Gasteiger partial charge in [-0.2, -0.15) is 0 Å². The van der Waals surface area contributed by atoms with Gasteiger partial charge in [-0.05, 0) is 59.1 Å². The van der Waals surface area contributed by atoms with E-state index in [4.69, 9.17) is 16.3 Å². The van der Waals surface area contributed by atoms with E-state index in [1.807, 2.05) is 12.1 Å². The highest BCUT2D eigenvalue weighted by Gasteiger charge is 2.44. The molecule has 1 unspecified atom stereocenters. The summed E-state index contributed by atoms with van der Waals surface area (Å²) in [6.45, 7) is 5.58. The Morgan fingerprint density at radius 2 is 1.88 bits per heavy atom. The predicted octanol–water partition coefficient (Wildman–Crippen LogP) is 5.18. The normalized spacial score (nSPS) is 26.0. The lowest BCUT2D eigenvalue weighted by molar-refractivity contribution is 0.216. The second-order valence-electron chi connectivity index (χ2n) is 7.32. The summed E-state index contributed by atoms with van der Waals surface area (Å²) in [5, 5.41) is 0.818. The van der Waals surface area contributed by atoms with Gasteiger partial charge in [0, 0.05) is 54.4 Å². The summed E-state index contributed by atoms with van der Waals surface area (Å²) in [5.41, 5.74) is 2.66. The van der Waals surface area contributed by atoms with Crippen LogP contribution in [0.25, 0.3) is 0 Å². The van der Waals surface area contributed by atoms with Crippen molar-refractivity contribution in [1.82, 2.24) is 4.90 Å². The standard InChI is InChI=1S/C21H24BrClN2O/c1-14-13-24(20-12-18(20)15-3-5-16(23)6-4-15)9-10-25(14)17-7-8-19(22)21(11-17)26-2/h3-8,11,14,18,20H,9-10,12-13H2,1-2H3/t14?,18-,20+/m0/s1. The number of anilines is 1. The highest BCUT2D eigenvalue weighted by Crippen LogP contribution is 2.45. The Balaban J connectivity index is 1.40. The maximum Gasteiger partial charge on any atom is 0.135 e. The Morgan fingerprint density at radius 3 is 2.58 bits per heavy atom. The van der Waals surface area contributed by atoms with Crippen LogP contribution in [0.4, 0.5) is 5.69 Å². The van der Waals surface area contributed by atoms with Gasteiger partial charge in [-0.15, -0.1) is 0 Å². The van der Waals surface area contributed by atoms with E-state index in [9.17, 15) is 0 Å². The molecule has 0 spiro atoms. The first-order chi connectivity index (χ1) is 12.6. The number of benzene rings is 2. The summed E-state index contributed by atoms with van der Waals surface area (Å²) < 4.78 is 6.46. The van der Waals surface area contributed by atoms with Crippen LogP contribution in [-0.2, 0) is 0 Å². The second kappa shape index (κ2) is 7.41. The molecule has 3 atom stereocenters. The molecule has 2 aliphatic rings. The Bertz CT molecular complexity index is 782. The Labute approximate surface area is 169 Å². The fraction of sp³-hybridized carbons (Fsp3) is 0.429. The molecule has 0 aromatic heterocycles. The van der Waals surface area contributed by atoms with Gasteiger partial charge >= 0.3 is 0 Å². The largest absolute Gasteiger partial charge is 0.495 e. The van der Waals surface area contributed by atoms with Crippen LogP contribution in [0.3, 0.4) is 0 Å². The maximum atomic E-state index is 6.02. The molecule has 138 valence electrons. The summed E-state index contributed by atoms with van der Waals surface area (Å²) in [6, 6.07) is 15.9. The number of hydrogen-bond donors (Lipinski definition) is 0. The van der Waals surface area contributed by atoms with Gasteiger partial charge in [-0.25, -0.2) is 0 Å². The number of piperazine rings is 1. The third-order valence-corrected chi connectivity index (χ3v) is 6.56. The summed E-state index contributed by atoms with van der Waals surface area (Å²) in [5.74, 6) is 1.56. The first-order valence-electron chi connectivity index (χ1n) is 9.16. The lowest BCUT2D eigenvalue weighted by atomic mass is 10.1. The van der Waals surface area contributed by atoms with Crippen LogP contribution in [0.15, 0.2) is 46.9 Å². The zero-order valence-corrected chi connectivity index (χ0v) is 17.5. The van der Waals surface area contributed by atoms with Crippen LogP contribution in [0.2, 0.25) is 5.02 Å². The lowest BCUT2D eigenvalue weighted by Crippen LogP contribution is -2.52. The fourth-order valence-electron chi connectivity index (χ4n) is 4.15. The Hall–Kier alpha value is -1.23. The third kappa shape index (κ3) is 3.60. The van der Waals surface area contributed by atoms with E-state index in [1.165, 1.54) is 17.7 Å². The quantitative estimate of drug-likeness (QED) is 0.658. The molecule has 1 saturated heterocycles. The van der Waals surface area contributed by atoms with Crippen molar-refractivity contribution in [3.63, 3.8) is 0 Å². The molecule has 4 rings (SSSR count). The van der Waals surface area contributed by atoms with Crippen molar-refractivity contribution in [2.45, 2.75) is 31.3 Å². The number of nitrogens with zero attached hydrogens (tertiary/aromatic N) is 2. The molecule has 26 heavy (non-hydrogen) atoms. The summed E-state index contributed by atoms with van der Waals surface area (Å²) in [4.78, 5) is 5.15. The van der Waals surface area contributed by atoms with Gasteiger partial charge in [-0.1, -0.05) is 23.7 Å². The highest BCUT2D eigenvalue weighted by atomic mass is 79.9. The summed E-state index contributed by atoms with van der Waals surface area (Å²) >= 11 is 9.56. The van der Waals surface area contributed by atoms with E-state index in [0.29, 0.717) is 18.0 Å². The molecular weight excluding hydrogens is 412 g/mol. The smallest absolute Gasteiger partial charge is 0.135 e. The van der Waals surface area contributed by atoms with Crippen molar-refractivity contribution in [3.05, 3.63) is 57.5 Å². The first-order valence-corrected chi connectivity index (χ1v) is 10.3. The van der Waals surface area contributed by atoms with Gasteiger partial charge in [-0.3, -0.25) is 4.90 Å². The van der Waals surface area contributed by atoms with Gasteiger partial charge < -0.3 is 9.64 Å². The first kappa shape index (κ1) is 18.1. The molecule has 0 amide bonds. The van der Waals surface area contributed by atoms with E-state index in [1.54, 1.807) is 7.11 Å². The molecule has 0 radical (unpaired) electrons. The third-order valence-electron chi connectivity index (χ3n) is 5.65. The van der Waals surface area contributed by atoms with E-state index < -0.39 is 0 Å². The van der Waals surface area contributed by atoms with E-state index in [0.717, 1.165) is 34.9 Å². The van der Waals surface area contributed by atoms with Crippen LogP contribution in [0.1, 0.15) is 24.8 Å². The van der Waals surface area contributed by atoms with Crippen molar-refractivity contribution in [3.8, 4) is 5.75 Å². The van der Waals surface area contributed by atoms with Crippen LogP contribution in [0, 0.1) is 0 Å². The minimum absolute atomic E-state index is 0.487. The minimum Gasteiger partial charge on any atom is -0.495 e. The molecule has 0 bridgehead atoms. The molecule has 1 aliphatic carbocycles. The number of rotatable bonds is 4. The average molecular weight is 436 g/mol. The van der Waals surface area contributed by atoms with Crippen LogP contribution in [0.5, 0.6) is 5.75 Å². The van der Waals surface area contributed by atoms with Crippen molar-refractivity contribution in [2.24, 2.45) is 0 Å². The molecule has 1 heterocycles. The highest BCUT2D eigenvalue weighted by molar-refractivity contribution is 9.10. The van der Waals surface area contributed by atoms with Crippen molar-refractivity contribution in [2.75, 3.05) is 31.6 Å². The number of hydrogen-bond acceptors (Lipinski definition) is 3. The molecule has 2 aromatic rings. The lowest BCUT2D eigenvalue weighted by Gasteiger charge is -2.41. The molecule has 0 N–H and O–H groups in total. The second-order valence-corrected chi connectivity index (χ2v) is 8.61. The van der Waals surface area contributed by atoms with Crippen LogP contribution in [-0.4, -0.2) is 43.7 Å².